The monoisotopic (exact) mass is 340 g/mol. The summed E-state index contributed by atoms with van der Waals surface area (Å²) < 4.78 is 6.42. The number of hydrogen-bond acceptors (Lipinski definition) is 2. The van der Waals surface area contributed by atoms with Crippen LogP contribution >= 0.6 is 0 Å². The number of esters is 1. The quantitative estimate of drug-likeness (QED) is 0.467. The van der Waals surface area contributed by atoms with Gasteiger partial charge in [-0.3, -0.25) is 0 Å². The third kappa shape index (κ3) is 5.52. The Morgan fingerprint density at radius 1 is 1.30 bits per heavy atom. The van der Waals surface area contributed by atoms with Crippen molar-refractivity contribution in [2.75, 3.05) is 6.61 Å². The van der Waals surface area contributed by atoms with Gasteiger partial charge in [-0.25, -0.2) is 0 Å². The summed E-state index contributed by atoms with van der Waals surface area (Å²) in [5, 5.41) is 0. The van der Waals surface area contributed by atoms with E-state index in [2.05, 4.69) is 51.1 Å². The summed E-state index contributed by atoms with van der Waals surface area (Å²) in [4.78, 5) is 12.1. The molecule has 1 aromatic rings. The first-order valence-corrected chi connectivity index (χ1v) is 8.76. The second-order valence-electron chi connectivity index (χ2n) is 5.79. The van der Waals surface area contributed by atoms with E-state index in [1.165, 1.54) is 4.46 Å². The van der Waals surface area contributed by atoms with E-state index in [0.717, 1.165) is 0 Å². The van der Waals surface area contributed by atoms with Gasteiger partial charge in [0.1, 0.15) is 0 Å². The molecule has 1 aromatic carbocycles. The summed E-state index contributed by atoms with van der Waals surface area (Å²) >= 11 is 0.299. The first-order valence-electron chi connectivity index (χ1n) is 6.92. The van der Waals surface area contributed by atoms with E-state index in [1.807, 2.05) is 19.9 Å². The molecule has 2 nitrogen and oxygen atoms in total. The van der Waals surface area contributed by atoms with E-state index >= 15 is 0 Å². The summed E-state index contributed by atoms with van der Waals surface area (Å²) in [6.07, 6.45) is 2.09. The van der Waals surface area contributed by atoms with Gasteiger partial charge in [0.2, 0.25) is 0 Å². The second-order valence-corrected chi connectivity index (χ2v) is 8.34. The molecule has 0 spiro atoms. The van der Waals surface area contributed by atoms with Crippen molar-refractivity contribution in [3.05, 3.63) is 42.0 Å². The molecular formula is C17H24O2Se. The molecule has 1 rings (SSSR count). The molecule has 110 valence electrons. The number of carbonyl (C=O) groups excluding carboxylic acids is 1. The summed E-state index contributed by atoms with van der Waals surface area (Å²) in [5.74, 6) is -0.203. The van der Waals surface area contributed by atoms with Gasteiger partial charge in [0.15, 0.2) is 0 Å². The number of allylic oxidation sites excluding steroid dienone is 1. The van der Waals surface area contributed by atoms with Crippen LogP contribution in [-0.2, 0) is 9.53 Å². The zero-order chi connectivity index (χ0) is 15.2. The van der Waals surface area contributed by atoms with Crippen molar-refractivity contribution in [1.82, 2.24) is 0 Å². The fraction of sp³-hybridized carbons (Fsp3) is 0.471. The van der Waals surface area contributed by atoms with Crippen LogP contribution in [0.15, 0.2) is 42.0 Å². The molecule has 0 aliphatic carbocycles. The minimum atomic E-state index is -0.203. The zero-order valence-corrected chi connectivity index (χ0v) is 14.7. The molecule has 0 radical (unpaired) electrons. The first kappa shape index (κ1) is 17.0. The molecule has 1 atom stereocenters. The van der Waals surface area contributed by atoms with Crippen LogP contribution in [0.1, 0.15) is 34.6 Å². The molecule has 20 heavy (non-hydrogen) atoms. The Labute approximate surface area is 128 Å². The molecule has 0 unspecified atom stereocenters. The number of benzene rings is 1. The minimum absolute atomic E-state index is 0.129. The molecule has 0 bridgehead atoms. The third-order valence-electron chi connectivity index (χ3n) is 2.86. The van der Waals surface area contributed by atoms with Gasteiger partial charge in [0, 0.05) is 0 Å². The van der Waals surface area contributed by atoms with Crippen molar-refractivity contribution in [3.63, 3.8) is 0 Å². The fourth-order valence-corrected chi connectivity index (χ4v) is 4.23. The Hall–Kier alpha value is -1.05. The van der Waals surface area contributed by atoms with Crippen LogP contribution in [0.4, 0.5) is 0 Å². The summed E-state index contributed by atoms with van der Waals surface area (Å²) in [5.41, 5.74) is 0.841. The van der Waals surface area contributed by atoms with E-state index in [0.29, 0.717) is 32.0 Å². The molecule has 0 aromatic heterocycles. The van der Waals surface area contributed by atoms with Crippen LogP contribution in [0.2, 0.25) is 4.82 Å². The van der Waals surface area contributed by atoms with E-state index < -0.39 is 0 Å². The molecule has 0 heterocycles. The van der Waals surface area contributed by atoms with E-state index in [9.17, 15) is 4.79 Å². The van der Waals surface area contributed by atoms with Crippen LogP contribution in [-0.4, -0.2) is 27.5 Å². The van der Waals surface area contributed by atoms with Gasteiger partial charge < -0.3 is 0 Å². The van der Waals surface area contributed by atoms with Crippen molar-refractivity contribution in [1.29, 1.82) is 0 Å². The van der Waals surface area contributed by atoms with E-state index in [4.69, 9.17) is 4.74 Å². The average molecular weight is 339 g/mol. The molecule has 0 N–H and O–H groups in total. The van der Waals surface area contributed by atoms with E-state index in [1.54, 1.807) is 0 Å². The molecule has 0 aliphatic rings. The van der Waals surface area contributed by atoms with Crippen molar-refractivity contribution in [3.8, 4) is 0 Å². The Morgan fingerprint density at radius 2 is 1.90 bits per heavy atom. The molecule has 0 saturated carbocycles. The molecular weight excluding hydrogens is 315 g/mol. The van der Waals surface area contributed by atoms with Crippen LogP contribution < -0.4 is 4.46 Å². The maximum absolute atomic E-state index is 11.8. The maximum atomic E-state index is 11.8. The van der Waals surface area contributed by atoms with Crippen LogP contribution in [0, 0.1) is 5.41 Å². The van der Waals surface area contributed by atoms with Crippen molar-refractivity contribution < 1.29 is 9.53 Å². The third-order valence-corrected chi connectivity index (χ3v) is 6.30. The summed E-state index contributed by atoms with van der Waals surface area (Å²) in [7, 11) is 0. The zero-order valence-electron chi connectivity index (χ0n) is 13.0. The van der Waals surface area contributed by atoms with Gasteiger partial charge in [-0.2, -0.15) is 0 Å². The average Bonchev–Trinajstić information content (AvgIpc) is 2.38. The first-order chi connectivity index (χ1) is 9.34. The van der Waals surface area contributed by atoms with Gasteiger partial charge >= 0.3 is 128 Å². The van der Waals surface area contributed by atoms with Gasteiger partial charge in [0.25, 0.3) is 0 Å². The SMILES string of the molecule is CCOC(=O)/C(C)=C/[C@H]([Se]c1ccccc1)C(C)(C)C. The predicted octanol–water partition coefficient (Wildman–Crippen LogP) is 3.36. The van der Waals surface area contributed by atoms with Crippen molar-refractivity contribution in [2.45, 2.75) is 39.4 Å². The normalized spacial score (nSPS) is 13.9. The van der Waals surface area contributed by atoms with Gasteiger partial charge in [-0.15, -0.1) is 0 Å². The number of ether oxygens (including phenoxy) is 1. The van der Waals surface area contributed by atoms with Gasteiger partial charge in [-0.1, -0.05) is 0 Å². The Kier molecular flexibility index (Phi) is 6.51. The molecule has 3 heteroatoms. The Morgan fingerprint density at radius 3 is 2.40 bits per heavy atom. The van der Waals surface area contributed by atoms with Crippen molar-refractivity contribution >= 4 is 25.4 Å². The second kappa shape index (κ2) is 7.66. The summed E-state index contributed by atoms with van der Waals surface area (Å²) in [6.45, 7) is 10.8. The fourth-order valence-electron chi connectivity index (χ4n) is 1.65. The van der Waals surface area contributed by atoms with E-state index in [-0.39, 0.29) is 11.4 Å². The van der Waals surface area contributed by atoms with Crippen molar-refractivity contribution in [2.24, 2.45) is 5.41 Å². The van der Waals surface area contributed by atoms with Gasteiger partial charge in [0.05, 0.1) is 0 Å². The van der Waals surface area contributed by atoms with Crippen LogP contribution in [0.5, 0.6) is 0 Å². The number of hydrogen-bond donors (Lipinski definition) is 0. The van der Waals surface area contributed by atoms with Crippen LogP contribution in [0.25, 0.3) is 0 Å². The van der Waals surface area contributed by atoms with Crippen LogP contribution in [0.3, 0.4) is 0 Å². The molecule has 0 fully saturated rings. The molecule has 0 aliphatic heterocycles. The number of carbonyl (C=O) groups is 1. The number of rotatable bonds is 5. The Balaban J connectivity index is 2.91. The summed E-state index contributed by atoms with van der Waals surface area (Å²) in [6, 6.07) is 10.5. The topological polar surface area (TPSA) is 26.3 Å². The Bertz CT molecular complexity index is 458. The van der Waals surface area contributed by atoms with Gasteiger partial charge in [-0.05, 0) is 0 Å². The molecule has 0 saturated heterocycles. The predicted molar refractivity (Wildman–Crippen MR) is 85.4 cm³/mol. The molecule has 0 amide bonds. The standard InChI is InChI=1S/C17H24O2Se/c1-6-19-16(18)13(2)12-15(17(3,4)5)20-14-10-8-7-9-11-14/h7-12,15H,6H2,1-5H3/b13-12+/t15-/m0/s1.